The summed E-state index contributed by atoms with van der Waals surface area (Å²) in [5, 5.41) is 2.90. The fourth-order valence-electron chi connectivity index (χ4n) is 3.18. The number of carbonyl (C=O) groups excluding carboxylic acids is 1. The maximum atomic E-state index is 12.0. The number of likely N-dealkylation sites (tertiary alicyclic amines) is 1. The first-order valence-corrected chi connectivity index (χ1v) is 9.63. The topological polar surface area (TPSA) is 69.7 Å². The van der Waals surface area contributed by atoms with Crippen LogP contribution < -0.4 is 5.32 Å². The Kier molecular flexibility index (Phi) is 5.48. The van der Waals surface area contributed by atoms with E-state index in [-0.39, 0.29) is 23.6 Å². The van der Waals surface area contributed by atoms with Crippen LogP contribution >= 0.6 is 0 Å². The van der Waals surface area contributed by atoms with Crippen molar-refractivity contribution in [2.24, 2.45) is 5.92 Å². The van der Waals surface area contributed by atoms with Gasteiger partial charge in [-0.25, -0.2) is 13.2 Å². The van der Waals surface area contributed by atoms with Crippen molar-refractivity contribution in [3.63, 3.8) is 0 Å². The maximum Gasteiger partial charge on any atom is 0.317 e. The van der Waals surface area contributed by atoms with E-state index >= 15 is 0 Å². The Morgan fingerprint density at radius 3 is 2.76 bits per heavy atom. The highest BCUT2D eigenvalue weighted by Gasteiger charge is 2.32. The molecule has 0 radical (unpaired) electrons. The maximum absolute atomic E-state index is 12.0. The molecule has 2 amide bonds. The second-order valence-corrected chi connectivity index (χ2v) is 8.68. The van der Waals surface area contributed by atoms with E-state index in [1.165, 1.54) is 12.8 Å². The first-order valence-electron chi connectivity index (χ1n) is 7.81. The number of hydrogen-bond acceptors (Lipinski definition) is 4. The molecule has 2 aliphatic rings. The van der Waals surface area contributed by atoms with Crippen molar-refractivity contribution >= 4 is 15.9 Å². The van der Waals surface area contributed by atoms with E-state index in [0.717, 1.165) is 25.6 Å². The number of rotatable bonds is 4. The third-order valence-electron chi connectivity index (χ3n) is 4.52. The number of nitrogens with one attached hydrogen (secondary N) is 1. The lowest BCUT2D eigenvalue weighted by atomic mass is 10.0. The number of sulfone groups is 1. The monoisotopic (exact) mass is 317 g/mol. The minimum absolute atomic E-state index is 0.0978. The van der Waals surface area contributed by atoms with Gasteiger partial charge in [0.15, 0.2) is 9.84 Å². The number of piperidine rings is 1. The van der Waals surface area contributed by atoms with E-state index < -0.39 is 9.84 Å². The van der Waals surface area contributed by atoms with Gasteiger partial charge in [-0.05, 0) is 31.7 Å². The molecule has 2 saturated heterocycles. The molecule has 122 valence electrons. The molecular formula is C14H27N3O3S. The molecule has 2 atom stereocenters. The van der Waals surface area contributed by atoms with Crippen molar-refractivity contribution in [3.8, 4) is 0 Å². The molecule has 0 bridgehead atoms. The van der Waals surface area contributed by atoms with Gasteiger partial charge in [-0.3, -0.25) is 0 Å². The molecular weight excluding hydrogens is 290 g/mol. The summed E-state index contributed by atoms with van der Waals surface area (Å²) in [5.41, 5.74) is 0. The first-order chi connectivity index (χ1) is 9.87. The number of amides is 2. The molecule has 1 N–H and O–H groups in total. The summed E-state index contributed by atoms with van der Waals surface area (Å²) in [5.74, 6) is 1.03. The number of nitrogens with zero attached hydrogens (tertiary/aromatic N) is 2. The fraction of sp³-hybridized carbons (Fsp3) is 0.929. The molecule has 6 nitrogen and oxygen atoms in total. The van der Waals surface area contributed by atoms with Crippen LogP contribution in [-0.4, -0.2) is 75.0 Å². The highest BCUT2D eigenvalue weighted by atomic mass is 32.2. The number of hydrogen-bond donors (Lipinski definition) is 1. The Bertz CT molecular complexity index is 466. The summed E-state index contributed by atoms with van der Waals surface area (Å²) in [6.45, 7) is 5.96. The minimum Gasteiger partial charge on any atom is -0.337 e. The lowest BCUT2D eigenvalue weighted by Gasteiger charge is -2.31. The van der Waals surface area contributed by atoms with E-state index in [9.17, 15) is 13.2 Å². The second-order valence-electron chi connectivity index (χ2n) is 6.45. The average Bonchev–Trinajstić information content (AvgIpc) is 2.78. The summed E-state index contributed by atoms with van der Waals surface area (Å²) >= 11 is 0. The van der Waals surface area contributed by atoms with Crippen molar-refractivity contribution in [1.82, 2.24) is 15.1 Å². The molecule has 0 saturated carbocycles. The quantitative estimate of drug-likeness (QED) is 0.822. The van der Waals surface area contributed by atoms with Gasteiger partial charge in [0.05, 0.1) is 11.5 Å². The molecule has 0 unspecified atom stereocenters. The average molecular weight is 317 g/mol. The zero-order valence-corrected chi connectivity index (χ0v) is 13.9. The van der Waals surface area contributed by atoms with Crippen molar-refractivity contribution in [2.75, 3.05) is 44.7 Å². The molecule has 2 heterocycles. The predicted molar refractivity (Wildman–Crippen MR) is 83.1 cm³/mol. The molecule has 0 aliphatic carbocycles. The summed E-state index contributed by atoms with van der Waals surface area (Å²) in [6, 6.07) is -0.341. The van der Waals surface area contributed by atoms with Crippen LogP contribution in [0.4, 0.5) is 4.79 Å². The van der Waals surface area contributed by atoms with Gasteiger partial charge in [0.1, 0.15) is 0 Å². The molecule has 2 rings (SSSR count). The zero-order valence-electron chi connectivity index (χ0n) is 13.0. The predicted octanol–water partition coefficient (Wildman–Crippen LogP) is 0.547. The van der Waals surface area contributed by atoms with E-state index in [2.05, 4.69) is 17.1 Å². The Labute approximate surface area is 127 Å². The van der Waals surface area contributed by atoms with Crippen molar-refractivity contribution in [1.29, 1.82) is 0 Å². The van der Waals surface area contributed by atoms with E-state index in [4.69, 9.17) is 0 Å². The van der Waals surface area contributed by atoms with Gasteiger partial charge in [-0.15, -0.1) is 0 Å². The largest absolute Gasteiger partial charge is 0.337 e. The molecule has 7 heteroatoms. The number of carbonyl (C=O) groups is 1. The molecule has 2 aliphatic heterocycles. The van der Waals surface area contributed by atoms with Crippen LogP contribution in [-0.2, 0) is 9.84 Å². The first kappa shape index (κ1) is 16.5. The normalized spacial score (nSPS) is 29.2. The van der Waals surface area contributed by atoms with Gasteiger partial charge in [0, 0.05) is 32.7 Å². The summed E-state index contributed by atoms with van der Waals surface area (Å²) in [7, 11) is -1.26. The van der Waals surface area contributed by atoms with Crippen LogP contribution in [0.1, 0.15) is 26.2 Å². The second kappa shape index (κ2) is 6.96. The summed E-state index contributed by atoms with van der Waals surface area (Å²) in [6.07, 6.45) is 3.08. The van der Waals surface area contributed by atoms with Crippen LogP contribution in [0, 0.1) is 5.92 Å². The minimum atomic E-state index is -2.95. The Hall–Kier alpha value is -0.820. The third-order valence-corrected chi connectivity index (χ3v) is 6.27. The molecule has 0 spiro atoms. The van der Waals surface area contributed by atoms with Crippen molar-refractivity contribution in [2.45, 2.75) is 32.2 Å². The summed E-state index contributed by atoms with van der Waals surface area (Å²) in [4.78, 5) is 16.0. The Balaban J connectivity index is 1.69. The van der Waals surface area contributed by atoms with E-state index in [1.807, 2.05) is 0 Å². The van der Waals surface area contributed by atoms with Gasteiger partial charge >= 0.3 is 6.03 Å². The van der Waals surface area contributed by atoms with Crippen LogP contribution in [0.15, 0.2) is 0 Å². The molecule has 2 fully saturated rings. The third kappa shape index (κ3) is 4.85. The van der Waals surface area contributed by atoms with E-state index in [1.54, 1.807) is 11.9 Å². The standard InChI is InChI=1S/C14H27N3O3S/c1-12-4-3-7-17(10-12)8-6-15-14(18)16(2)13-5-9-21(19,20)11-13/h12-13H,3-11H2,1-2H3,(H,15,18)/t12-,13-/m0/s1. The van der Waals surface area contributed by atoms with E-state index in [0.29, 0.717) is 13.0 Å². The molecule has 0 aromatic carbocycles. The van der Waals surface area contributed by atoms with Crippen LogP contribution in [0.2, 0.25) is 0 Å². The van der Waals surface area contributed by atoms with Crippen LogP contribution in [0.25, 0.3) is 0 Å². The Morgan fingerprint density at radius 2 is 2.14 bits per heavy atom. The van der Waals surface area contributed by atoms with Gasteiger partial charge < -0.3 is 15.1 Å². The fourth-order valence-corrected chi connectivity index (χ4v) is 4.96. The van der Waals surface area contributed by atoms with Gasteiger partial charge in [-0.1, -0.05) is 6.92 Å². The highest BCUT2D eigenvalue weighted by Crippen LogP contribution is 2.16. The van der Waals surface area contributed by atoms with Gasteiger partial charge in [-0.2, -0.15) is 0 Å². The lowest BCUT2D eigenvalue weighted by molar-refractivity contribution is 0.175. The van der Waals surface area contributed by atoms with Gasteiger partial charge in [0.2, 0.25) is 0 Å². The van der Waals surface area contributed by atoms with Gasteiger partial charge in [0.25, 0.3) is 0 Å². The van der Waals surface area contributed by atoms with Crippen LogP contribution in [0.5, 0.6) is 0 Å². The smallest absolute Gasteiger partial charge is 0.317 e. The van der Waals surface area contributed by atoms with Crippen molar-refractivity contribution in [3.05, 3.63) is 0 Å². The lowest BCUT2D eigenvalue weighted by Crippen LogP contribution is -2.47. The molecule has 0 aromatic heterocycles. The zero-order chi connectivity index (χ0) is 15.5. The molecule has 0 aromatic rings. The summed E-state index contributed by atoms with van der Waals surface area (Å²) < 4.78 is 22.9. The van der Waals surface area contributed by atoms with Crippen molar-refractivity contribution < 1.29 is 13.2 Å². The van der Waals surface area contributed by atoms with Crippen LogP contribution in [0.3, 0.4) is 0 Å². The number of urea groups is 1. The Morgan fingerprint density at radius 1 is 1.38 bits per heavy atom. The highest BCUT2D eigenvalue weighted by molar-refractivity contribution is 7.91. The molecule has 21 heavy (non-hydrogen) atoms. The SMILES string of the molecule is C[C@H]1CCCN(CCNC(=O)N(C)[C@H]2CCS(=O)(=O)C2)C1.